The number of fused-ring (bicyclic) bond motifs is 1. The monoisotopic (exact) mass is 244 g/mol. The molecule has 0 aliphatic carbocycles. The Hall–Kier alpha value is -1.77. The zero-order chi connectivity index (χ0) is 13.4. The zero-order valence-corrected chi connectivity index (χ0v) is 11.7. The molecule has 0 N–H and O–H groups in total. The van der Waals surface area contributed by atoms with Crippen LogP contribution in [-0.2, 0) is 7.05 Å². The summed E-state index contributed by atoms with van der Waals surface area (Å²) in [5.41, 5.74) is 3.22. The SMILES string of the molecule is CC(C)c1cn(C)c2ccc(C(=O)N(C)C)cc12. The predicted molar refractivity (Wildman–Crippen MR) is 75.0 cm³/mol. The van der Waals surface area contributed by atoms with Crippen LogP contribution in [0.1, 0.15) is 35.7 Å². The Kier molecular flexibility index (Phi) is 3.16. The smallest absolute Gasteiger partial charge is 0.253 e. The van der Waals surface area contributed by atoms with Gasteiger partial charge < -0.3 is 9.47 Å². The second-order valence-corrected chi connectivity index (χ2v) is 5.28. The van der Waals surface area contributed by atoms with Gasteiger partial charge in [0, 0.05) is 43.8 Å². The largest absolute Gasteiger partial charge is 0.350 e. The molecule has 1 aromatic carbocycles. The number of aromatic nitrogens is 1. The van der Waals surface area contributed by atoms with Crippen molar-refractivity contribution < 1.29 is 4.79 Å². The molecule has 1 heterocycles. The minimum absolute atomic E-state index is 0.0514. The number of aryl methyl sites for hydroxylation is 1. The van der Waals surface area contributed by atoms with Gasteiger partial charge >= 0.3 is 0 Å². The first-order valence-electron chi connectivity index (χ1n) is 6.22. The van der Waals surface area contributed by atoms with Crippen LogP contribution in [0.3, 0.4) is 0 Å². The standard InChI is InChI=1S/C15H20N2O/c1-10(2)13-9-17(5)14-7-6-11(8-12(13)14)15(18)16(3)4/h6-10H,1-5H3. The van der Waals surface area contributed by atoms with Gasteiger partial charge in [-0.3, -0.25) is 4.79 Å². The molecule has 0 spiro atoms. The van der Waals surface area contributed by atoms with Gasteiger partial charge in [-0.2, -0.15) is 0 Å². The fourth-order valence-electron chi connectivity index (χ4n) is 2.27. The van der Waals surface area contributed by atoms with Gasteiger partial charge in [0.25, 0.3) is 5.91 Å². The molecular formula is C15H20N2O. The van der Waals surface area contributed by atoms with Crippen LogP contribution >= 0.6 is 0 Å². The molecule has 0 radical (unpaired) electrons. The molecule has 0 aliphatic heterocycles. The zero-order valence-electron chi connectivity index (χ0n) is 11.7. The lowest BCUT2D eigenvalue weighted by Crippen LogP contribution is -2.21. The first kappa shape index (κ1) is 12.7. The predicted octanol–water partition coefficient (Wildman–Crippen LogP) is 3.00. The molecule has 0 unspecified atom stereocenters. The van der Waals surface area contributed by atoms with Crippen LogP contribution in [0, 0.1) is 0 Å². The topological polar surface area (TPSA) is 25.2 Å². The van der Waals surface area contributed by atoms with Crippen LogP contribution in [-0.4, -0.2) is 29.5 Å². The summed E-state index contributed by atoms with van der Waals surface area (Å²) in [5.74, 6) is 0.508. The molecule has 18 heavy (non-hydrogen) atoms. The maximum absolute atomic E-state index is 12.0. The summed E-state index contributed by atoms with van der Waals surface area (Å²) in [7, 11) is 5.60. The highest BCUT2D eigenvalue weighted by Gasteiger charge is 2.13. The normalized spacial score (nSPS) is 11.2. The van der Waals surface area contributed by atoms with Crippen molar-refractivity contribution >= 4 is 16.8 Å². The van der Waals surface area contributed by atoms with E-state index in [1.165, 1.54) is 16.5 Å². The van der Waals surface area contributed by atoms with Crippen molar-refractivity contribution in [1.82, 2.24) is 9.47 Å². The van der Waals surface area contributed by atoms with E-state index in [0.29, 0.717) is 5.92 Å². The Morgan fingerprint density at radius 1 is 1.28 bits per heavy atom. The molecular weight excluding hydrogens is 224 g/mol. The van der Waals surface area contributed by atoms with Gasteiger partial charge in [-0.15, -0.1) is 0 Å². The van der Waals surface area contributed by atoms with Crippen molar-refractivity contribution in [1.29, 1.82) is 0 Å². The van der Waals surface area contributed by atoms with E-state index < -0.39 is 0 Å². The third kappa shape index (κ3) is 2.01. The molecule has 0 fully saturated rings. The van der Waals surface area contributed by atoms with E-state index in [1.807, 2.05) is 25.2 Å². The molecule has 0 atom stereocenters. The molecule has 0 bridgehead atoms. The lowest BCUT2D eigenvalue weighted by molar-refractivity contribution is 0.0828. The van der Waals surface area contributed by atoms with Gasteiger partial charge in [0.15, 0.2) is 0 Å². The van der Waals surface area contributed by atoms with E-state index in [-0.39, 0.29) is 5.91 Å². The minimum Gasteiger partial charge on any atom is -0.350 e. The number of hydrogen-bond donors (Lipinski definition) is 0. The van der Waals surface area contributed by atoms with Gasteiger partial charge in [0.1, 0.15) is 0 Å². The highest BCUT2D eigenvalue weighted by Crippen LogP contribution is 2.28. The number of rotatable bonds is 2. The van der Waals surface area contributed by atoms with E-state index in [1.54, 1.807) is 19.0 Å². The summed E-state index contributed by atoms with van der Waals surface area (Å²) in [6.07, 6.45) is 2.15. The van der Waals surface area contributed by atoms with Crippen LogP contribution in [0.15, 0.2) is 24.4 Å². The van der Waals surface area contributed by atoms with Crippen LogP contribution in [0.5, 0.6) is 0 Å². The molecule has 2 rings (SSSR count). The maximum atomic E-state index is 12.0. The lowest BCUT2D eigenvalue weighted by atomic mass is 10.0. The van der Waals surface area contributed by atoms with Gasteiger partial charge in [-0.25, -0.2) is 0 Å². The van der Waals surface area contributed by atoms with Crippen molar-refractivity contribution in [3.8, 4) is 0 Å². The van der Waals surface area contributed by atoms with Crippen LogP contribution < -0.4 is 0 Å². The van der Waals surface area contributed by atoms with Crippen molar-refractivity contribution in [2.45, 2.75) is 19.8 Å². The average molecular weight is 244 g/mol. The second kappa shape index (κ2) is 4.48. The third-order valence-corrected chi connectivity index (χ3v) is 3.30. The quantitative estimate of drug-likeness (QED) is 0.797. The molecule has 1 aromatic heterocycles. The van der Waals surface area contributed by atoms with Gasteiger partial charge in [-0.05, 0) is 29.7 Å². The minimum atomic E-state index is 0.0514. The van der Waals surface area contributed by atoms with E-state index >= 15 is 0 Å². The Morgan fingerprint density at radius 2 is 1.94 bits per heavy atom. The lowest BCUT2D eigenvalue weighted by Gasteiger charge is -2.11. The highest BCUT2D eigenvalue weighted by atomic mass is 16.2. The summed E-state index contributed by atoms with van der Waals surface area (Å²) in [5, 5.41) is 1.18. The van der Waals surface area contributed by atoms with Gasteiger partial charge in [0.2, 0.25) is 0 Å². The van der Waals surface area contributed by atoms with Crippen LogP contribution in [0.4, 0.5) is 0 Å². The van der Waals surface area contributed by atoms with E-state index in [4.69, 9.17) is 0 Å². The first-order valence-corrected chi connectivity index (χ1v) is 6.22. The third-order valence-electron chi connectivity index (χ3n) is 3.30. The second-order valence-electron chi connectivity index (χ2n) is 5.28. The van der Waals surface area contributed by atoms with Crippen LogP contribution in [0.25, 0.3) is 10.9 Å². The molecule has 0 saturated carbocycles. The van der Waals surface area contributed by atoms with Crippen molar-refractivity contribution in [2.75, 3.05) is 14.1 Å². The number of carbonyl (C=O) groups excluding carboxylic acids is 1. The van der Waals surface area contributed by atoms with E-state index in [0.717, 1.165) is 5.56 Å². The Balaban J connectivity index is 2.63. The number of benzene rings is 1. The van der Waals surface area contributed by atoms with Crippen molar-refractivity contribution in [3.05, 3.63) is 35.5 Å². The molecule has 3 nitrogen and oxygen atoms in total. The van der Waals surface area contributed by atoms with E-state index in [2.05, 4.69) is 24.6 Å². The molecule has 96 valence electrons. The highest BCUT2D eigenvalue weighted by molar-refractivity contribution is 5.98. The summed E-state index contributed by atoms with van der Waals surface area (Å²) >= 11 is 0. The Labute approximate surface area is 108 Å². The number of carbonyl (C=O) groups is 1. The molecule has 1 amide bonds. The summed E-state index contributed by atoms with van der Waals surface area (Å²) in [6.45, 7) is 4.35. The van der Waals surface area contributed by atoms with Crippen molar-refractivity contribution in [3.63, 3.8) is 0 Å². The maximum Gasteiger partial charge on any atom is 0.253 e. The Bertz CT molecular complexity index is 594. The number of nitrogens with zero attached hydrogens (tertiary/aromatic N) is 2. The van der Waals surface area contributed by atoms with Gasteiger partial charge in [0.05, 0.1) is 0 Å². The average Bonchev–Trinajstić information content (AvgIpc) is 2.65. The fourth-order valence-corrected chi connectivity index (χ4v) is 2.27. The number of amides is 1. The van der Waals surface area contributed by atoms with Crippen molar-refractivity contribution in [2.24, 2.45) is 7.05 Å². The molecule has 3 heteroatoms. The Morgan fingerprint density at radius 3 is 2.50 bits per heavy atom. The molecule has 0 saturated heterocycles. The molecule has 0 aliphatic rings. The van der Waals surface area contributed by atoms with Crippen LogP contribution in [0.2, 0.25) is 0 Å². The molecule has 2 aromatic rings. The van der Waals surface area contributed by atoms with E-state index in [9.17, 15) is 4.79 Å². The summed E-state index contributed by atoms with van der Waals surface area (Å²) in [4.78, 5) is 13.6. The fraction of sp³-hybridized carbons (Fsp3) is 0.400. The summed E-state index contributed by atoms with van der Waals surface area (Å²) < 4.78 is 2.12. The first-order chi connectivity index (χ1) is 8.41. The number of hydrogen-bond acceptors (Lipinski definition) is 1. The summed E-state index contributed by atoms with van der Waals surface area (Å²) in [6, 6.07) is 5.93. The van der Waals surface area contributed by atoms with Gasteiger partial charge in [-0.1, -0.05) is 13.8 Å².